The van der Waals surface area contributed by atoms with Crippen LogP contribution in [0.25, 0.3) is 0 Å². The quantitative estimate of drug-likeness (QED) is 0.442. The van der Waals surface area contributed by atoms with Crippen LogP contribution in [-0.2, 0) is 4.79 Å². The molecular weight excluding hydrogens is 178 g/mol. The van der Waals surface area contributed by atoms with E-state index in [0.717, 1.165) is 19.5 Å². The number of carbonyl (C=O) groups is 1. The molecule has 3 heteroatoms. The molecule has 14 heavy (non-hydrogen) atoms. The largest absolute Gasteiger partial charge is 0.478 e. The Hall–Kier alpha value is -0.830. The lowest BCUT2D eigenvalue weighted by molar-refractivity contribution is -0.132. The van der Waals surface area contributed by atoms with Gasteiger partial charge in [0.25, 0.3) is 0 Å². The Morgan fingerprint density at radius 2 is 1.93 bits per heavy atom. The number of carboxylic acid groups (broad SMARTS) is 1. The van der Waals surface area contributed by atoms with Crippen molar-refractivity contribution in [2.75, 3.05) is 13.1 Å². The van der Waals surface area contributed by atoms with Crippen LogP contribution in [0.15, 0.2) is 12.2 Å². The molecule has 0 aliphatic rings. The van der Waals surface area contributed by atoms with Gasteiger partial charge in [-0.15, -0.1) is 0 Å². The Morgan fingerprint density at radius 3 is 2.50 bits per heavy atom. The Kier molecular flexibility index (Phi) is 8.24. The monoisotopic (exact) mass is 199 g/mol. The van der Waals surface area contributed by atoms with Gasteiger partial charge in [-0.25, -0.2) is 4.79 Å². The Morgan fingerprint density at radius 1 is 1.29 bits per heavy atom. The van der Waals surface area contributed by atoms with Crippen molar-refractivity contribution in [3.8, 4) is 0 Å². The summed E-state index contributed by atoms with van der Waals surface area (Å²) in [5.74, 6) is -0.879. The van der Waals surface area contributed by atoms with Crippen LogP contribution in [0.1, 0.15) is 39.0 Å². The lowest BCUT2D eigenvalue weighted by Crippen LogP contribution is -2.17. The molecule has 0 aromatic heterocycles. The highest BCUT2D eigenvalue weighted by atomic mass is 16.4. The molecule has 0 saturated heterocycles. The summed E-state index contributed by atoms with van der Waals surface area (Å²) < 4.78 is 0. The normalized spacial score (nSPS) is 10.1. The van der Waals surface area contributed by atoms with Crippen molar-refractivity contribution in [2.24, 2.45) is 0 Å². The predicted octanol–water partition coefficient (Wildman–Crippen LogP) is 2.19. The fourth-order valence-electron chi connectivity index (χ4n) is 1.16. The van der Waals surface area contributed by atoms with Crippen LogP contribution in [0.5, 0.6) is 0 Å². The Bertz CT molecular complexity index is 178. The minimum Gasteiger partial charge on any atom is -0.478 e. The van der Waals surface area contributed by atoms with Crippen molar-refractivity contribution in [1.29, 1.82) is 0 Å². The molecule has 0 aliphatic carbocycles. The molecule has 0 bridgehead atoms. The predicted molar refractivity (Wildman–Crippen MR) is 58.4 cm³/mol. The van der Waals surface area contributed by atoms with Gasteiger partial charge in [0.2, 0.25) is 0 Å². The molecule has 0 aliphatic heterocycles. The first-order chi connectivity index (χ1) is 6.68. The lowest BCUT2D eigenvalue weighted by Gasteiger charge is -2.03. The number of unbranched alkanes of at least 4 members (excludes halogenated alkanes) is 2. The number of aliphatic carboxylic acids is 1. The molecule has 0 fully saturated rings. The first-order valence-electron chi connectivity index (χ1n) is 5.30. The molecule has 0 heterocycles. The number of hydrogen-bond donors (Lipinski definition) is 2. The Balaban J connectivity index is 3.13. The van der Waals surface area contributed by atoms with Gasteiger partial charge in [0.1, 0.15) is 0 Å². The summed E-state index contributed by atoms with van der Waals surface area (Å²) in [7, 11) is 0. The zero-order valence-corrected chi connectivity index (χ0v) is 9.01. The van der Waals surface area contributed by atoms with Gasteiger partial charge in [-0.1, -0.05) is 26.3 Å². The third-order valence-corrected chi connectivity index (χ3v) is 2.09. The molecule has 0 amide bonds. The summed E-state index contributed by atoms with van der Waals surface area (Å²) in [5.41, 5.74) is 0.306. The molecule has 82 valence electrons. The van der Waals surface area contributed by atoms with Crippen LogP contribution in [-0.4, -0.2) is 24.2 Å². The summed E-state index contributed by atoms with van der Waals surface area (Å²) >= 11 is 0. The van der Waals surface area contributed by atoms with Gasteiger partial charge < -0.3 is 10.4 Å². The van der Waals surface area contributed by atoms with Gasteiger partial charge >= 0.3 is 5.97 Å². The summed E-state index contributed by atoms with van der Waals surface area (Å²) in [4.78, 5) is 10.4. The van der Waals surface area contributed by atoms with Crippen LogP contribution in [0.2, 0.25) is 0 Å². The van der Waals surface area contributed by atoms with Gasteiger partial charge in [0, 0.05) is 5.57 Å². The van der Waals surface area contributed by atoms with E-state index in [2.05, 4.69) is 18.8 Å². The maximum atomic E-state index is 10.4. The molecule has 3 nitrogen and oxygen atoms in total. The average Bonchev–Trinajstić information content (AvgIpc) is 2.16. The first-order valence-corrected chi connectivity index (χ1v) is 5.30. The van der Waals surface area contributed by atoms with Gasteiger partial charge in [-0.3, -0.25) is 0 Å². The van der Waals surface area contributed by atoms with Gasteiger partial charge in [-0.05, 0) is 32.4 Å². The highest BCUT2D eigenvalue weighted by Crippen LogP contribution is 2.00. The van der Waals surface area contributed by atoms with Crippen LogP contribution < -0.4 is 5.32 Å². The number of rotatable bonds is 9. The summed E-state index contributed by atoms with van der Waals surface area (Å²) in [6.45, 7) is 7.57. The SMILES string of the molecule is C=C(CCCNCCCCC)C(=O)O. The minimum absolute atomic E-state index is 0.306. The topological polar surface area (TPSA) is 49.3 Å². The zero-order chi connectivity index (χ0) is 10.8. The van der Waals surface area contributed by atoms with Crippen molar-refractivity contribution < 1.29 is 9.90 Å². The van der Waals surface area contributed by atoms with E-state index in [9.17, 15) is 4.79 Å². The zero-order valence-electron chi connectivity index (χ0n) is 9.01. The third-order valence-electron chi connectivity index (χ3n) is 2.09. The van der Waals surface area contributed by atoms with E-state index in [4.69, 9.17) is 5.11 Å². The molecule has 0 radical (unpaired) electrons. The van der Waals surface area contributed by atoms with E-state index in [0.29, 0.717) is 12.0 Å². The molecule has 2 N–H and O–H groups in total. The second-order valence-corrected chi connectivity index (χ2v) is 3.47. The summed E-state index contributed by atoms with van der Waals surface area (Å²) in [6.07, 6.45) is 5.14. The summed E-state index contributed by atoms with van der Waals surface area (Å²) in [6, 6.07) is 0. The maximum Gasteiger partial charge on any atom is 0.330 e. The molecule has 0 spiro atoms. The van der Waals surface area contributed by atoms with Crippen molar-refractivity contribution >= 4 is 5.97 Å². The number of carboxylic acids is 1. The summed E-state index contributed by atoms with van der Waals surface area (Å²) in [5, 5.41) is 11.8. The highest BCUT2D eigenvalue weighted by Gasteiger charge is 2.01. The standard InChI is InChI=1S/C11H21NO2/c1-3-4-5-8-12-9-6-7-10(2)11(13)14/h12H,2-9H2,1H3,(H,13,14). The second-order valence-electron chi connectivity index (χ2n) is 3.47. The molecule has 0 rings (SSSR count). The maximum absolute atomic E-state index is 10.4. The molecule has 0 saturated carbocycles. The van der Waals surface area contributed by atoms with E-state index >= 15 is 0 Å². The van der Waals surface area contributed by atoms with Gasteiger partial charge in [0.05, 0.1) is 0 Å². The van der Waals surface area contributed by atoms with E-state index in [1.165, 1.54) is 19.3 Å². The molecule has 0 unspecified atom stereocenters. The van der Waals surface area contributed by atoms with E-state index in [-0.39, 0.29) is 0 Å². The minimum atomic E-state index is -0.879. The lowest BCUT2D eigenvalue weighted by atomic mass is 10.1. The second kappa shape index (κ2) is 8.75. The van der Waals surface area contributed by atoms with Crippen LogP contribution >= 0.6 is 0 Å². The first kappa shape index (κ1) is 13.2. The van der Waals surface area contributed by atoms with E-state index in [1.807, 2.05) is 0 Å². The third kappa shape index (κ3) is 7.80. The molecule has 0 atom stereocenters. The van der Waals surface area contributed by atoms with E-state index < -0.39 is 5.97 Å². The molecule has 0 aromatic rings. The number of hydrogen-bond acceptors (Lipinski definition) is 2. The van der Waals surface area contributed by atoms with Crippen molar-refractivity contribution in [3.63, 3.8) is 0 Å². The fourth-order valence-corrected chi connectivity index (χ4v) is 1.16. The molecular formula is C11H21NO2. The number of nitrogens with one attached hydrogen (secondary N) is 1. The van der Waals surface area contributed by atoms with Crippen LogP contribution in [0.4, 0.5) is 0 Å². The van der Waals surface area contributed by atoms with Crippen molar-refractivity contribution in [2.45, 2.75) is 39.0 Å². The highest BCUT2D eigenvalue weighted by molar-refractivity contribution is 5.85. The van der Waals surface area contributed by atoms with Crippen molar-refractivity contribution in [1.82, 2.24) is 5.32 Å². The molecule has 0 aromatic carbocycles. The average molecular weight is 199 g/mol. The van der Waals surface area contributed by atoms with Gasteiger partial charge in [0.15, 0.2) is 0 Å². The Labute approximate surface area is 86.2 Å². The van der Waals surface area contributed by atoms with Crippen LogP contribution in [0, 0.1) is 0 Å². The van der Waals surface area contributed by atoms with Crippen molar-refractivity contribution in [3.05, 3.63) is 12.2 Å². The smallest absolute Gasteiger partial charge is 0.330 e. The van der Waals surface area contributed by atoms with Crippen LogP contribution in [0.3, 0.4) is 0 Å². The fraction of sp³-hybridized carbons (Fsp3) is 0.727. The van der Waals surface area contributed by atoms with E-state index in [1.54, 1.807) is 0 Å². The van der Waals surface area contributed by atoms with Gasteiger partial charge in [-0.2, -0.15) is 0 Å².